The summed E-state index contributed by atoms with van der Waals surface area (Å²) < 4.78 is 5.20. The summed E-state index contributed by atoms with van der Waals surface area (Å²) in [6.07, 6.45) is 3.07. The standard InChI is InChI=1S/C8H6N2O3S/c1-14-8-10-5-2-4(7(11)12)3-9-6(5)13-8/h2-3H,1H3,(H,11,12). The highest BCUT2D eigenvalue weighted by molar-refractivity contribution is 7.98. The van der Waals surface area contributed by atoms with Gasteiger partial charge in [0.25, 0.3) is 5.22 Å². The first-order chi connectivity index (χ1) is 6.70. The molecule has 0 aromatic carbocycles. The van der Waals surface area contributed by atoms with Crippen molar-refractivity contribution in [1.29, 1.82) is 0 Å². The van der Waals surface area contributed by atoms with E-state index >= 15 is 0 Å². The molecule has 0 bridgehead atoms. The summed E-state index contributed by atoms with van der Waals surface area (Å²) in [7, 11) is 0. The Morgan fingerprint density at radius 1 is 1.64 bits per heavy atom. The molecule has 6 heteroatoms. The van der Waals surface area contributed by atoms with Crippen LogP contribution in [0.15, 0.2) is 21.9 Å². The second-order valence-electron chi connectivity index (χ2n) is 2.54. The van der Waals surface area contributed by atoms with E-state index in [-0.39, 0.29) is 5.56 Å². The lowest BCUT2D eigenvalue weighted by atomic mass is 10.3. The number of thioether (sulfide) groups is 1. The van der Waals surface area contributed by atoms with E-state index in [2.05, 4.69) is 9.97 Å². The Kier molecular flexibility index (Phi) is 2.12. The number of nitrogens with zero attached hydrogens (tertiary/aromatic N) is 2. The summed E-state index contributed by atoms with van der Waals surface area (Å²) in [5.41, 5.74) is 0.937. The summed E-state index contributed by atoms with van der Waals surface area (Å²) in [5.74, 6) is -1.02. The highest BCUT2D eigenvalue weighted by Crippen LogP contribution is 2.20. The quantitative estimate of drug-likeness (QED) is 0.759. The van der Waals surface area contributed by atoms with Crippen LogP contribution in [0.5, 0.6) is 0 Å². The lowest BCUT2D eigenvalue weighted by Gasteiger charge is -1.90. The number of oxazole rings is 1. The zero-order valence-corrected chi connectivity index (χ0v) is 8.04. The number of hydrogen-bond donors (Lipinski definition) is 1. The molecule has 72 valence electrons. The smallest absolute Gasteiger partial charge is 0.337 e. The molecule has 2 heterocycles. The third kappa shape index (κ3) is 1.44. The van der Waals surface area contributed by atoms with Crippen molar-refractivity contribution in [1.82, 2.24) is 9.97 Å². The average Bonchev–Trinajstić information content (AvgIpc) is 2.58. The van der Waals surface area contributed by atoms with E-state index in [1.54, 1.807) is 0 Å². The van der Waals surface area contributed by atoms with Crippen molar-refractivity contribution < 1.29 is 14.3 Å². The fraction of sp³-hybridized carbons (Fsp3) is 0.125. The minimum Gasteiger partial charge on any atom is -0.478 e. The molecule has 0 fully saturated rings. The van der Waals surface area contributed by atoms with Gasteiger partial charge >= 0.3 is 5.97 Å². The first-order valence-electron chi connectivity index (χ1n) is 3.74. The van der Waals surface area contributed by atoms with Crippen LogP contribution >= 0.6 is 11.8 Å². The SMILES string of the molecule is CSc1nc2cc(C(=O)O)cnc2o1. The first kappa shape index (κ1) is 9.01. The molecule has 2 rings (SSSR count). The largest absolute Gasteiger partial charge is 0.478 e. The third-order valence-electron chi connectivity index (χ3n) is 1.65. The van der Waals surface area contributed by atoms with E-state index in [1.807, 2.05) is 6.26 Å². The molecule has 0 aliphatic carbocycles. The molecular formula is C8H6N2O3S. The monoisotopic (exact) mass is 210 g/mol. The van der Waals surface area contributed by atoms with Crippen LogP contribution in [0, 0.1) is 0 Å². The number of carboxylic acid groups (broad SMARTS) is 1. The third-order valence-corrected chi connectivity index (χ3v) is 2.17. The second kappa shape index (κ2) is 3.30. The van der Waals surface area contributed by atoms with Crippen LogP contribution in [0.3, 0.4) is 0 Å². The number of aromatic nitrogens is 2. The zero-order chi connectivity index (χ0) is 10.1. The van der Waals surface area contributed by atoms with Gasteiger partial charge in [0.15, 0.2) is 0 Å². The molecule has 0 aliphatic heterocycles. The van der Waals surface area contributed by atoms with Crippen molar-refractivity contribution >= 4 is 29.0 Å². The Labute approximate surface area is 83.2 Å². The molecule has 0 unspecified atom stereocenters. The van der Waals surface area contributed by atoms with Gasteiger partial charge < -0.3 is 9.52 Å². The van der Waals surface area contributed by atoms with Gasteiger partial charge in [0, 0.05) is 6.20 Å². The van der Waals surface area contributed by atoms with E-state index in [1.165, 1.54) is 24.0 Å². The molecule has 2 aromatic rings. The molecule has 5 nitrogen and oxygen atoms in total. The number of rotatable bonds is 2. The Balaban J connectivity index is 2.59. The molecule has 0 saturated heterocycles. The predicted octanol–water partition coefficient (Wildman–Crippen LogP) is 1.64. The van der Waals surface area contributed by atoms with Gasteiger partial charge in [-0.3, -0.25) is 0 Å². The number of hydrogen-bond acceptors (Lipinski definition) is 5. The molecule has 0 atom stereocenters. The van der Waals surface area contributed by atoms with Gasteiger partial charge in [0.1, 0.15) is 5.52 Å². The maximum absolute atomic E-state index is 10.6. The number of pyridine rings is 1. The summed E-state index contributed by atoms with van der Waals surface area (Å²) in [6.45, 7) is 0. The van der Waals surface area contributed by atoms with Crippen LogP contribution in [-0.4, -0.2) is 27.3 Å². The number of carboxylic acids is 1. The Morgan fingerprint density at radius 3 is 3.07 bits per heavy atom. The normalized spacial score (nSPS) is 10.6. The number of carbonyl (C=O) groups is 1. The minimum absolute atomic E-state index is 0.110. The lowest BCUT2D eigenvalue weighted by Crippen LogP contribution is -1.96. The summed E-state index contributed by atoms with van der Waals surface area (Å²) in [4.78, 5) is 18.5. The molecule has 0 saturated carbocycles. The van der Waals surface area contributed by atoms with Gasteiger partial charge in [0.05, 0.1) is 5.56 Å². The number of aromatic carboxylic acids is 1. The summed E-state index contributed by atoms with van der Waals surface area (Å²) in [6, 6.07) is 1.44. The van der Waals surface area contributed by atoms with Gasteiger partial charge in [-0.05, 0) is 12.3 Å². The molecule has 1 N–H and O–H groups in total. The van der Waals surface area contributed by atoms with Gasteiger partial charge in [-0.2, -0.15) is 0 Å². The van der Waals surface area contributed by atoms with E-state index in [9.17, 15) is 4.79 Å². The van der Waals surface area contributed by atoms with Crippen LogP contribution in [0.25, 0.3) is 11.2 Å². The molecular weight excluding hydrogens is 204 g/mol. The fourth-order valence-electron chi connectivity index (χ4n) is 1.01. The van der Waals surface area contributed by atoms with Crippen LogP contribution in [0.1, 0.15) is 10.4 Å². The zero-order valence-electron chi connectivity index (χ0n) is 7.22. The molecule has 0 aliphatic rings. The van der Waals surface area contributed by atoms with Crippen molar-refractivity contribution in [2.45, 2.75) is 5.22 Å². The molecule has 0 spiro atoms. The van der Waals surface area contributed by atoms with E-state index < -0.39 is 5.97 Å². The van der Waals surface area contributed by atoms with E-state index in [4.69, 9.17) is 9.52 Å². The van der Waals surface area contributed by atoms with E-state index in [0.717, 1.165) is 0 Å². The Hall–Kier alpha value is -1.56. The van der Waals surface area contributed by atoms with Gasteiger partial charge in [-0.1, -0.05) is 11.8 Å². The van der Waals surface area contributed by atoms with Gasteiger partial charge in [-0.25, -0.2) is 14.8 Å². The molecule has 0 amide bonds. The maximum atomic E-state index is 10.6. The minimum atomic E-state index is -1.02. The summed E-state index contributed by atoms with van der Waals surface area (Å²) >= 11 is 1.34. The van der Waals surface area contributed by atoms with Crippen LogP contribution in [0.2, 0.25) is 0 Å². The van der Waals surface area contributed by atoms with Crippen molar-refractivity contribution in [3.05, 3.63) is 17.8 Å². The lowest BCUT2D eigenvalue weighted by molar-refractivity contribution is 0.0696. The summed E-state index contributed by atoms with van der Waals surface area (Å²) in [5, 5.41) is 9.19. The van der Waals surface area contributed by atoms with Crippen molar-refractivity contribution in [3.63, 3.8) is 0 Å². The van der Waals surface area contributed by atoms with Crippen molar-refractivity contribution in [2.24, 2.45) is 0 Å². The van der Waals surface area contributed by atoms with E-state index in [0.29, 0.717) is 16.5 Å². The Bertz CT molecular complexity index is 494. The molecule has 14 heavy (non-hydrogen) atoms. The van der Waals surface area contributed by atoms with Crippen LogP contribution < -0.4 is 0 Å². The number of fused-ring (bicyclic) bond motifs is 1. The van der Waals surface area contributed by atoms with Crippen molar-refractivity contribution in [3.8, 4) is 0 Å². The van der Waals surface area contributed by atoms with Crippen LogP contribution in [0.4, 0.5) is 0 Å². The average molecular weight is 210 g/mol. The highest BCUT2D eigenvalue weighted by Gasteiger charge is 2.09. The topological polar surface area (TPSA) is 76.2 Å². The highest BCUT2D eigenvalue weighted by atomic mass is 32.2. The Morgan fingerprint density at radius 2 is 2.43 bits per heavy atom. The second-order valence-corrected chi connectivity index (χ2v) is 3.29. The van der Waals surface area contributed by atoms with Crippen LogP contribution in [-0.2, 0) is 0 Å². The molecule has 2 aromatic heterocycles. The first-order valence-corrected chi connectivity index (χ1v) is 4.97. The van der Waals surface area contributed by atoms with Crippen molar-refractivity contribution in [2.75, 3.05) is 6.26 Å². The fourth-order valence-corrected chi connectivity index (χ4v) is 1.36. The van der Waals surface area contributed by atoms with Gasteiger partial charge in [0.2, 0.25) is 5.71 Å². The van der Waals surface area contributed by atoms with Gasteiger partial charge in [-0.15, -0.1) is 0 Å². The maximum Gasteiger partial charge on any atom is 0.337 e. The molecule has 0 radical (unpaired) electrons. The predicted molar refractivity (Wildman–Crippen MR) is 50.5 cm³/mol.